The highest BCUT2D eigenvalue weighted by molar-refractivity contribution is 5.71. The lowest BCUT2D eigenvalue weighted by Crippen LogP contribution is -2.05. The molecule has 1 rings (SSSR count). The molecule has 0 aliphatic heterocycles. The Morgan fingerprint density at radius 2 is 1.94 bits per heavy atom. The van der Waals surface area contributed by atoms with E-state index in [0.29, 0.717) is 11.1 Å². The third kappa shape index (κ3) is 2.24. The number of methoxy groups -OCH3 is 2. The number of ether oxygens (including phenoxy) is 2. The maximum absolute atomic E-state index is 13.5. The highest BCUT2D eigenvalue weighted by atomic mass is 19.1. The Morgan fingerprint density at radius 1 is 1.38 bits per heavy atom. The first-order valence-corrected chi connectivity index (χ1v) is 4.63. The molecule has 0 saturated heterocycles. The van der Waals surface area contributed by atoms with Crippen LogP contribution in [0.4, 0.5) is 4.39 Å². The van der Waals surface area contributed by atoms with E-state index in [1.54, 1.807) is 6.92 Å². The normalized spacial score (nSPS) is 10.0. The monoisotopic (exact) mass is 228 g/mol. The van der Waals surface area contributed by atoms with Crippen molar-refractivity contribution in [3.8, 4) is 11.5 Å². The fourth-order valence-corrected chi connectivity index (χ4v) is 1.53. The summed E-state index contributed by atoms with van der Waals surface area (Å²) in [4.78, 5) is 10.6. The van der Waals surface area contributed by atoms with Crippen LogP contribution in [0, 0.1) is 12.7 Å². The van der Waals surface area contributed by atoms with Gasteiger partial charge in [-0.25, -0.2) is 4.39 Å². The summed E-state index contributed by atoms with van der Waals surface area (Å²) < 4.78 is 23.4. The van der Waals surface area contributed by atoms with Crippen LogP contribution in [0.1, 0.15) is 11.1 Å². The van der Waals surface area contributed by atoms with Crippen molar-refractivity contribution in [3.63, 3.8) is 0 Å². The highest BCUT2D eigenvalue weighted by Crippen LogP contribution is 2.35. The van der Waals surface area contributed by atoms with E-state index in [2.05, 4.69) is 0 Å². The Labute approximate surface area is 92.6 Å². The molecular formula is C11H13FO4. The van der Waals surface area contributed by atoms with Crippen LogP contribution >= 0.6 is 0 Å². The Morgan fingerprint density at radius 3 is 2.38 bits per heavy atom. The minimum absolute atomic E-state index is 0.00543. The predicted molar refractivity (Wildman–Crippen MR) is 55.6 cm³/mol. The van der Waals surface area contributed by atoms with Gasteiger partial charge in [-0.2, -0.15) is 0 Å². The third-order valence-electron chi connectivity index (χ3n) is 2.30. The lowest BCUT2D eigenvalue weighted by Gasteiger charge is -2.14. The Hall–Kier alpha value is -1.78. The van der Waals surface area contributed by atoms with Gasteiger partial charge in [-0.3, -0.25) is 4.79 Å². The van der Waals surface area contributed by atoms with Crippen molar-refractivity contribution in [2.24, 2.45) is 0 Å². The van der Waals surface area contributed by atoms with Gasteiger partial charge in [0.15, 0.2) is 17.3 Å². The van der Waals surface area contributed by atoms with E-state index >= 15 is 0 Å². The fraction of sp³-hybridized carbons (Fsp3) is 0.364. The van der Waals surface area contributed by atoms with Gasteiger partial charge >= 0.3 is 5.97 Å². The molecule has 0 radical (unpaired) electrons. The first kappa shape index (κ1) is 12.3. The molecule has 4 nitrogen and oxygen atoms in total. The van der Waals surface area contributed by atoms with Crippen LogP contribution < -0.4 is 9.47 Å². The molecular weight excluding hydrogens is 215 g/mol. The summed E-state index contributed by atoms with van der Waals surface area (Å²) in [5.74, 6) is -1.41. The molecule has 0 aliphatic rings. The minimum Gasteiger partial charge on any atom is -0.492 e. The van der Waals surface area contributed by atoms with E-state index in [1.807, 2.05) is 0 Å². The number of hydrogen-bond donors (Lipinski definition) is 1. The maximum Gasteiger partial charge on any atom is 0.307 e. The van der Waals surface area contributed by atoms with Crippen LogP contribution in [0.3, 0.4) is 0 Å². The molecule has 16 heavy (non-hydrogen) atoms. The van der Waals surface area contributed by atoms with Gasteiger partial charge < -0.3 is 14.6 Å². The summed E-state index contributed by atoms with van der Waals surface area (Å²) in [5.41, 5.74) is 0.950. The minimum atomic E-state index is -1.02. The van der Waals surface area contributed by atoms with Gasteiger partial charge in [0, 0.05) is 0 Å². The van der Waals surface area contributed by atoms with Crippen LogP contribution in [0.15, 0.2) is 6.07 Å². The summed E-state index contributed by atoms with van der Waals surface area (Å²) in [6.07, 6.45) is -0.247. The van der Waals surface area contributed by atoms with Crippen LogP contribution in [0.5, 0.6) is 11.5 Å². The molecule has 0 amide bonds. The summed E-state index contributed by atoms with van der Waals surface area (Å²) in [6, 6.07) is 1.16. The van der Waals surface area contributed by atoms with E-state index < -0.39 is 11.8 Å². The second-order valence-electron chi connectivity index (χ2n) is 3.28. The largest absolute Gasteiger partial charge is 0.492 e. The Kier molecular flexibility index (Phi) is 3.71. The molecule has 0 atom stereocenters. The van der Waals surface area contributed by atoms with E-state index in [0.717, 1.165) is 6.07 Å². The van der Waals surface area contributed by atoms with E-state index in [1.165, 1.54) is 14.2 Å². The van der Waals surface area contributed by atoms with E-state index in [9.17, 15) is 9.18 Å². The van der Waals surface area contributed by atoms with Gasteiger partial charge in [0.05, 0.1) is 20.6 Å². The lowest BCUT2D eigenvalue weighted by atomic mass is 10.0. The second-order valence-corrected chi connectivity index (χ2v) is 3.28. The smallest absolute Gasteiger partial charge is 0.307 e. The van der Waals surface area contributed by atoms with Gasteiger partial charge in [-0.15, -0.1) is 0 Å². The number of carboxylic acid groups (broad SMARTS) is 1. The molecule has 0 aromatic heterocycles. The molecule has 0 spiro atoms. The van der Waals surface area contributed by atoms with Gasteiger partial charge in [0.2, 0.25) is 0 Å². The van der Waals surface area contributed by atoms with Crippen molar-refractivity contribution in [3.05, 3.63) is 23.0 Å². The number of hydrogen-bond acceptors (Lipinski definition) is 3. The van der Waals surface area contributed by atoms with Gasteiger partial charge in [0.1, 0.15) is 0 Å². The van der Waals surface area contributed by atoms with Crippen LogP contribution in [-0.2, 0) is 11.2 Å². The molecule has 88 valence electrons. The molecule has 0 bridgehead atoms. The zero-order chi connectivity index (χ0) is 12.3. The predicted octanol–water partition coefficient (Wildman–Crippen LogP) is 1.78. The summed E-state index contributed by atoms with van der Waals surface area (Å²) in [6.45, 7) is 1.67. The number of halogens is 1. The standard InChI is InChI=1S/C11H13FO4/c1-6-7(5-9(13)14)4-8(12)11(16-3)10(6)15-2/h4H,5H2,1-3H3,(H,13,14). The van der Waals surface area contributed by atoms with E-state index in [4.69, 9.17) is 14.6 Å². The molecule has 5 heteroatoms. The van der Waals surface area contributed by atoms with Crippen molar-refractivity contribution < 1.29 is 23.8 Å². The van der Waals surface area contributed by atoms with E-state index in [-0.39, 0.29) is 17.9 Å². The summed E-state index contributed by atoms with van der Waals surface area (Å²) in [7, 11) is 2.71. The number of carboxylic acids is 1. The van der Waals surface area contributed by atoms with Crippen LogP contribution in [-0.4, -0.2) is 25.3 Å². The molecule has 0 heterocycles. The number of rotatable bonds is 4. The summed E-state index contributed by atoms with van der Waals surface area (Å²) in [5, 5.41) is 8.68. The van der Waals surface area contributed by atoms with Crippen LogP contribution in [0.2, 0.25) is 0 Å². The molecule has 1 N–H and O–H groups in total. The van der Waals surface area contributed by atoms with Gasteiger partial charge in [0.25, 0.3) is 0 Å². The van der Waals surface area contributed by atoms with Gasteiger partial charge in [-0.1, -0.05) is 0 Å². The zero-order valence-corrected chi connectivity index (χ0v) is 9.33. The fourth-order valence-electron chi connectivity index (χ4n) is 1.53. The zero-order valence-electron chi connectivity index (χ0n) is 9.33. The SMILES string of the molecule is COc1c(F)cc(CC(=O)O)c(C)c1OC. The first-order chi connectivity index (χ1) is 7.51. The molecule has 0 saturated carbocycles. The quantitative estimate of drug-likeness (QED) is 0.853. The van der Waals surface area contributed by atoms with Crippen molar-refractivity contribution >= 4 is 5.97 Å². The molecule has 0 unspecified atom stereocenters. The Bertz CT molecular complexity index is 415. The summed E-state index contributed by atoms with van der Waals surface area (Å²) >= 11 is 0. The van der Waals surface area contributed by atoms with Gasteiger partial charge in [-0.05, 0) is 24.1 Å². The van der Waals surface area contributed by atoms with Crippen molar-refractivity contribution in [1.82, 2.24) is 0 Å². The molecule has 0 fully saturated rings. The van der Waals surface area contributed by atoms with Crippen molar-refractivity contribution in [1.29, 1.82) is 0 Å². The van der Waals surface area contributed by atoms with Crippen molar-refractivity contribution in [2.45, 2.75) is 13.3 Å². The molecule has 1 aromatic rings. The second kappa shape index (κ2) is 4.83. The molecule has 1 aromatic carbocycles. The highest BCUT2D eigenvalue weighted by Gasteiger charge is 2.18. The van der Waals surface area contributed by atoms with Crippen LogP contribution in [0.25, 0.3) is 0 Å². The Balaban J connectivity index is 3.33. The lowest BCUT2D eigenvalue weighted by molar-refractivity contribution is -0.136. The van der Waals surface area contributed by atoms with Crippen molar-refractivity contribution in [2.75, 3.05) is 14.2 Å². The first-order valence-electron chi connectivity index (χ1n) is 4.63. The average molecular weight is 228 g/mol. The molecule has 0 aliphatic carbocycles. The number of carbonyl (C=O) groups is 1. The average Bonchev–Trinajstić information content (AvgIpc) is 2.21. The topological polar surface area (TPSA) is 55.8 Å². The number of benzene rings is 1. The third-order valence-corrected chi connectivity index (χ3v) is 2.30. The number of aliphatic carboxylic acids is 1. The maximum atomic E-state index is 13.5.